The summed E-state index contributed by atoms with van der Waals surface area (Å²) in [6, 6.07) is 4.65. The van der Waals surface area contributed by atoms with Crippen molar-refractivity contribution >= 4 is 11.2 Å². The van der Waals surface area contributed by atoms with Gasteiger partial charge in [-0.2, -0.15) is 0 Å². The first-order chi connectivity index (χ1) is 7.50. The molecule has 5 heteroatoms. The summed E-state index contributed by atoms with van der Waals surface area (Å²) in [5.41, 5.74) is -3.20. The van der Waals surface area contributed by atoms with Crippen molar-refractivity contribution in [1.82, 2.24) is 0 Å². The van der Waals surface area contributed by atoms with Gasteiger partial charge in [-0.15, -0.1) is 13.2 Å². The Morgan fingerprint density at radius 2 is 2.00 bits per heavy atom. The zero-order chi connectivity index (χ0) is 11.8. The van der Waals surface area contributed by atoms with Crippen molar-refractivity contribution in [3.8, 4) is 0 Å². The molecule has 1 aromatic rings. The van der Waals surface area contributed by atoms with Gasteiger partial charge in [-0.05, 0) is 37.3 Å². The van der Waals surface area contributed by atoms with E-state index in [9.17, 15) is 17.7 Å². The molecule has 0 aliphatic heterocycles. The molecule has 1 aliphatic rings. The quantitative estimate of drug-likeness (QED) is 0.699. The van der Waals surface area contributed by atoms with Gasteiger partial charge in [0.1, 0.15) is 0 Å². The average molecular weight is 247 g/mol. The summed E-state index contributed by atoms with van der Waals surface area (Å²) in [7, 11) is 0. The first-order valence-electron chi connectivity index (χ1n) is 4.91. The Kier molecular flexibility index (Phi) is 3.17. The minimum absolute atomic E-state index is 0.0712. The lowest BCUT2D eigenvalue weighted by Gasteiger charge is -2.20. The van der Waals surface area contributed by atoms with Crippen molar-refractivity contribution in [2.45, 2.75) is 29.7 Å². The van der Waals surface area contributed by atoms with Crippen LogP contribution in [-0.4, -0.2) is 10.1 Å². The van der Waals surface area contributed by atoms with Gasteiger partial charge in [0.05, 0.1) is 11.2 Å². The highest BCUT2D eigenvalue weighted by atomic mass is 32.2. The van der Waals surface area contributed by atoms with Gasteiger partial charge in [0.2, 0.25) is 0 Å². The van der Waals surface area contributed by atoms with Crippen LogP contribution in [0.1, 0.15) is 17.5 Å². The average Bonchev–Trinajstić information content (AvgIpc) is 2.26. The molecular formula is C11H10F3OS. The van der Waals surface area contributed by atoms with Crippen LogP contribution >= 0.6 is 0 Å². The van der Waals surface area contributed by atoms with Crippen LogP contribution in [0.5, 0.6) is 0 Å². The number of halogens is 3. The van der Waals surface area contributed by atoms with E-state index in [4.69, 9.17) is 0 Å². The monoisotopic (exact) mass is 247 g/mol. The van der Waals surface area contributed by atoms with Gasteiger partial charge in [0, 0.05) is 5.56 Å². The summed E-state index contributed by atoms with van der Waals surface area (Å²) in [6.07, 6.45) is 3.99. The van der Waals surface area contributed by atoms with Crippen LogP contribution in [0.4, 0.5) is 13.2 Å². The molecule has 1 aliphatic carbocycles. The van der Waals surface area contributed by atoms with Gasteiger partial charge in [-0.1, -0.05) is 12.1 Å². The van der Waals surface area contributed by atoms with Gasteiger partial charge in [-0.25, -0.2) is 0 Å². The Bertz CT molecular complexity index is 389. The molecule has 0 amide bonds. The standard InChI is InChI=1S/C11H10F3OS/c12-11(13,14)16(15)10-7-3-5-8-4-1-2-6-9(8)10/h1,3,5,7H,2,4,6H2. The van der Waals surface area contributed by atoms with E-state index in [1.54, 1.807) is 6.07 Å². The first-order valence-corrected chi connectivity index (χ1v) is 6.06. The lowest BCUT2D eigenvalue weighted by atomic mass is 9.92. The topological polar surface area (TPSA) is 23.1 Å². The van der Waals surface area contributed by atoms with E-state index in [1.165, 1.54) is 12.1 Å². The van der Waals surface area contributed by atoms with E-state index in [2.05, 4.69) is 0 Å². The Morgan fingerprint density at radius 1 is 1.25 bits per heavy atom. The minimum atomic E-state index is -4.67. The molecule has 1 nitrogen and oxygen atoms in total. The molecule has 0 saturated carbocycles. The molecule has 0 aromatic heterocycles. The molecule has 1 radical (unpaired) electrons. The third kappa shape index (κ3) is 2.20. The lowest BCUT2D eigenvalue weighted by Crippen LogP contribution is -2.25. The molecule has 0 spiro atoms. The molecule has 1 aromatic carbocycles. The second-order valence-corrected chi connectivity index (χ2v) is 5.08. The molecule has 16 heavy (non-hydrogen) atoms. The van der Waals surface area contributed by atoms with Gasteiger partial charge < -0.3 is 4.55 Å². The van der Waals surface area contributed by atoms with Crippen LogP contribution < -0.4 is 0 Å². The summed E-state index contributed by atoms with van der Waals surface area (Å²) in [5.74, 6) is 0. The van der Waals surface area contributed by atoms with Crippen molar-refractivity contribution in [3.63, 3.8) is 0 Å². The smallest absolute Gasteiger partial charge is 0.578 e. The Morgan fingerprint density at radius 3 is 2.69 bits per heavy atom. The predicted octanol–water partition coefficient (Wildman–Crippen LogP) is 3.01. The maximum absolute atomic E-state index is 12.4. The fourth-order valence-electron chi connectivity index (χ4n) is 1.89. The van der Waals surface area contributed by atoms with Crippen LogP contribution in [0.25, 0.3) is 0 Å². The van der Waals surface area contributed by atoms with E-state index in [0.29, 0.717) is 18.4 Å². The van der Waals surface area contributed by atoms with Crippen LogP contribution in [0.3, 0.4) is 0 Å². The highest BCUT2D eigenvalue weighted by Crippen LogP contribution is 2.35. The highest BCUT2D eigenvalue weighted by molar-refractivity contribution is 7.92. The maximum atomic E-state index is 12.4. The third-order valence-electron chi connectivity index (χ3n) is 2.60. The van der Waals surface area contributed by atoms with Gasteiger partial charge in [0.15, 0.2) is 4.90 Å². The fourth-order valence-corrected chi connectivity index (χ4v) is 2.80. The van der Waals surface area contributed by atoms with E-state index >= 15 is 0 Å². The molecule has 2 rings (SSSR count). The number of rotatable bonds is 1. The Hall–Kier alpha value is -0.680. The van der Waals surface area contributed by atoms with Crippen molar-refractivity contribution in [3.05, 3.63) is 35.7 Å². The van der Waals surface area contributed by atoms with E-state index < -0.39 is 16.7 Å². The number of alkyl halides is 3. The third-order valence-corrected chi connectivity index (χ3v) is 3.81. The zero-order valence-corrected chi connectivity index (χ0v) is 9.20. The molecule has 0 fully saturated rings. The van der Waals surface area contributed by atoms with Gasteiger partial charge in [-0.3, -0.25) is 0 Å². The van der Waals surface area contributed by atoms with E-state index in [1.807, 2.05) is 6.42 Å². The number of fused-ring (bicyclic) bond motifs is 1. The second kappa shape index (κ2) is 4.30. The Balaban J connectivity index is 2.41. The summed E-state index contributed by atoms with van der Waals surface area (Å²) in [5, 5.41) is 0. The van der Waals surface area contributed by atoms with Crippen LogP contribution in [0.15, 0.2) is 23.1 Å². The van der Waals surface area contributed by atoms with Crippen molar-refractivity contribution < 1.29 is 17.7 Å². The van der Waals surface area contributed by atoms with Crippen LogP contribution in [0, 0.1) is 6.42 Å². The number of benzene rings is 1. The summed E-state index contributed by atoms with van der Waals surface area (Å²) < 4.78 is 48.5. The molecule has 87 valence electrons. The molecule has 1 atom stereocenters. The summed E-state index contributed by atoms with van der Waals surface area (Å²) in [6.45, 7) is 0. The predicted molar refractivity (Wildman–Crippen MR) is 55.2 cm³/mol. The molecule has 0 bridgehead atoms. The summed E-state index contributed by atoms with van der Waals surface area (Å²) in [4.78, 5) is -0.0712. The van der Waals surface area contributed by atoms with Crippen molar-refractivity contribution in [2.75, 3.05) is 0 Å². The highest BCUT2D eigenvalue weighted by Gasteiger charge is 2.47. The molecule has 0 N–H and O–H groups in total. The van der Waals surface area contributed by atoms with Gasteiger partial charge in [0.25, 0.3) is 0 Å². The first kappa shape index (κ1) is 11.8. The molecule has 0 saturated heterocycles. The fraction of sp³-hybridized carbons (Fsp3) is 0.364. The molecule has 0 heterocycles. The van der Waals surface area contributed by atoms with Crippen molar-refractivity contribution in [1.29, 1.82) is 0 Å². The van der Waals surface area contributed by atoms with Crippen molar-refractivity contribution in [2.24, 2.45) is 0 Å². The van der Waals surface area contributed by atoms with Gasteiger partial charge >= 0.3 is 5.51 Å². The lowest BCUT2D eigenvalue weighted by molar-refractivity contribution is -0.0435. The van der Waals surface area contributed by atoms with E-state index in [0.717, 1.165) is 12.0 Å². The van der Waals surface area contributed by atoms with Crippen LogP contribution in [-0.2, 0) is 24.0 Å². The summed E-state index contributed by atoms with van der Waals surface area (Å²) >= 11 is -2.90. The number of hydrogen-bond acceptors (Lipinski definition) is 1. The van der Waals surface area contributed by atoms with Crippen LogP contribution in [0.2, 0.25) is 0 Å². The Labute approximate surface area is 94.8 Å². The zero-order valence-electron chi connectivity index (χ0n) is 8.38. The normalized spacial score (nSPS) is 18.0. The molecule has 1 unspecified atom stereocenters. The second-order valence-electron chi connectivity index (χ2n) is 3.64. The largest absolute Gasteiger partial charge is 0.604 e. The van der Waals surface area contributed by atoms with E-state index in [-0.39, 0.29) is 4.90 Å². The minimum Gasteiger partial charge on any atom is -0.604 e. The maximum Gasteiger partial charge on any atom is 0.578 e. The molecular weight excluding hydrogens is 237 g/mol. The number of hydrogen-bond donors (Lipinski definition) is 0. The SMILES string of the molecule is [O-][S+](c1cccc2c1CC[CH]C2)C(F)(F)F.